The van der Waals surface area contributed by atoms with E-state index in [1.807, 2.05) is 0 Å². The number of aromatic amines is 1. The average Bonchev–Trinajstić information content (AvgIpc) is 3.38. The number of fused-ring (bicyclic) bond motifs is 2. The van der Waals surface area contributed by atoms with Crippen LogP contribution in [0.2, 0.25) is 0 Å². The van der Waals surface area contributed by atoms with Gasteiger partial charge in [-0.05, 0) is 61.8 Å². The fourth-order valence-electron chi connectivity index (χ4n) is 4.15. The van der Waals surface area contributed by atoms with Gasteiger partial charge in [0.1, 0.15) is 12.1 Å². The summed E-state index contributed by atoms with van der Waals surface area (Å²) in [6.45, 7) is 5.98. The largest absolute Gasteiger partial charge is 0.372 e. The molecule has 6 nitrogen and oxygen atoms in total. The summed E-state index contributed by atoms with van der Waals surface area (Å²) in [6.07, 6.45) is 4.21. The second-order valence-corrected chi connectivity index (χ2v) is 7.88. The first-order chi connectivity index (χ1) is 14.2. The maximum atomic E-state index is 5.44. The Bertz CT molecular complexity index is 1220. The van der Waals surface area contributed by atoms with Crippen LogP contribution in [0, 0.1) is 4.77 Å². The van der Waals surface area contributed by atoms with E-state index in [1.54, 1.807) is 6.33 Å². The summed E-state index contributed by atoms with van der Waals surface area (Å²) in [5.41, 5.74) is 5.55. The number of hydrogen-bond donors (Lipinski definition) is 2. The molecule has 1 aliphatic rings. The minimum atomic E-state index is 0.719. The lowest BCUT2D eigenvalue weighted by atomic mass is 10.1. The molecule has 1 aliphatic heterocycles. The van der Waals surface area contributed by atoms with Crippen molar-refractivity contribution < 1.29 is 0 Å². The van der Waals surface area contributed by atoms with Crippen LogP contribution in [0.5, 0.6) is 0 Å². The Hall–Kier alpha value is -2.93. The molecule has 29 heavy (non-hydrogen) atoms. The van der Waals surface area contributed by atoms with Crippen LogP contribution in [0.3, 0.4) is 0 Å². The number of H-pyrrole nitrogens is 1. The Balaban J connectivity index is 1.41. The van der Waals surface area contributed by atoms with Gasteiger partial charge in [0, 0.05) is 37.3 Å². The van der Waals surface area contributed by atoms with Crippen LogP contribution in [0.4, 0.5) is 11.5 Å². The molecule has 0 atom stereocenters. The first-order valence-corrected chi connectivity index (χ1v) is 10.6. The predicted molar refractivity (Wildman–Crippen MR) is 121 cm³/mol. The number of nitrogens with one attached hydrogen (secondary N) is 2. The van der Waals surface area contributed by atoms with Gasteiger partial charge < -0.3 is 19.8 Å². The zero-order valence-corrected chi connectivity index (χ0v) is 17.3. The minimum Gasteiger partial charge on any atom is -0.372 e. The molecular formula is C22H24N6S. The fourth-order valence-corrected chi connectivity index (χ4v) is 4.49. The molecule has 0 radical (unpaired) electrons. The zero-order valence-electron chi connectivity index (χ0n) is 16.5. The van der Waals surface area contributed by atoms with Crippen LogP contribution in [0.25, 0.3) is 21.9 Å². The van der Waals surface area contributed by atoms with E-state index >= 15 is 0 Å². The van der Waals surface area contributed by atoms with Crippen LogP contribution in [0.15, 0.2) is 42.7 Å². The Morgan fingerprint density at radius 1 is 1.10 bits per heavy atom. The van der Waals surface area contributed by atoms with Crippen molar-refractivity contribution >= 4 is 45.7 Å². The summed E-state index contributed by atoms with van der Waals surface area (Å²) in [7, 11) is 0. The van der Waals surface area contributed by atoms with Crippen molar-refractivity contribution in [2.45, 2.75) is 32.9 Å². The Morgan fingerprint density at radius 3 is 2.66 bits per heavy atom. The molecule has 2 N–H and O–H groups in total. The highest BCUT2D eigenvalue weighted by Crippen LogP contribution is 2.26. The van der Waals surface area contributed by atoms with Gasteiger partial charge >= 0.3 is 0 Å². The van der Waals surface area contributed by atoms with Crippen molar-refractivity contribution in [3.63, 3.8) is 0 Å². The van der Waals surface area contributed by atoms with E-state index in [0.29, 0.717) is 0 Å². The van der Waals surface area contributed by atoms with E-state index in [9.17, 15) is 0 Å². The molecule has 3 heterocycles. The molecule has 4 aromatic rings. The lowest BCUT2D eigenvalue weighted by molar-refractivity contribution is 0.774. The van der Waals surface area contributed by atoms with E-state index in [2.05, 4.69) is 73.1 Å². The summed E-state index contributed by atoms with van der Waals surface area (Å²) < 4.78 is 2.82. The van der Waals surface area contributed by atoms with Gasteiger partial charge in [-0.25, -0.2) is 9.97 Å². The number of nitrogens with zero attached hydrogens (tertiary/aromatic N) is 4. The standard InChI is InChI=1S/C22H24N6S/c1-2-28-20-12-18-17(11-19(20)26-22(28)29)21(25-14-24-18)23-13-15-5-7-16(8-6-15)27-9-3-4-10-27/h5-8,11-12,14H,2-4,9-10,13H2,1H3,(H,26,29)(H,23,24,25). The summed E-state index contributed by atoms with van der Waals surface area (Å²) in [5.74, 6) is 0.837. The molecule has 0 bridgehead atoms. The lowest BCUT2D eigenvalue weighted by Crippen LogP contribution is -2.17. The van der Waals surface area contributed by atoms with Gasteiger partial charge in [-0.15, -0.1) is 0 Å². The van der Waals surface area contributed by atoms with Gasteiger partial charge in [-0.3, -0.25) is 0 Å². The SMILES string of the molecule is CCn1c(=S)[nH]c2cc3c(NCc4ccc(N5CCCC5)cc4)ncnc3cc21. The number of aromatic nitrogens is 4. The lowest BCUT2D eigenvalue weighted by Gasteiger charge is -2.17. The second-order valence-electron chi connectivity index (χ2n) is 7.50. The van der Waals surface area contributed by atoms with E-state index in [1.165, 1.54) is 37.2 Å². The zero-order chi connectivity index (χ0) is 19.8. The van der Waals surface area contributed by atoms with Crippen molar-refractivity contribution in [1.29, 1.82) is 0 Å². The van der Waals surface area contributed by atoms with Gasteiger partial charge in [0.2, 0.25) is 0 Å². The van der Waals surface area contributed by atoms with E-state index < -0.39 is 0 Å². The van der Waals surface area contributed by atoms with Crippen molar-refractivity contribution in [2.24, 2.45) is 0 Å². The van der Waals surface area contributed by atoms with Crippen LogP contribution < -0.4 is 10.2 Å². The minimum absolute atomic E-state index is 0.719. The number of anilines is 2. The van der Waals surface area contributed by atoms with Crippen molar-refractivity contribution in [3.8, 4) is 0 Å². The van der Waals surface area contributed by atoms with Crippen LogP contribution in [-0.2, 0) is 13.1 Å². The summed E-state index contributed by atoms with van der Waals surface area (Å²) >= 11 is 5.44. The van der Waals surface area contributed by atoms with Crippen molar-refractivity contribution in [1.82, 2.24) is 19.5 Å². The molecule has 0 aliphatic carbocycles. The number of aryl methyl sites for hydroxylation is 1. The highest BCUT2D eigenvalue weighted by atomic mass is 32.1. The molecule has 2 aromatic heterocycles. The molecule has 0 unspecified atom stereocenters. The summed E-state index contributed by atoms with van der Waals surface area (Å²) in [5, 5.41) is 4.48. The van der Waals surface area contributed by atoms with Crippen LogP contribution in [-0.4, -0.2) is 32.6 Å². The third-order valence-electron chi connectivity index (χ3n) is 5.71. The molecule has 0 spiro atoms. The molecule has 2 aromatic carbocycles. The third kappa shape index (κ3) is 3.35. The molecular weight excluding hydrogens is 380 g/mol. The maximum absolute atomic E-state index is 5.44. The highest BCUT2D eigenvalue weighted by Gasteiger charge is 2.12. The third-order valence-corrected chi connectivity index (χ3v) is 6.04. The van der Waals surface area contributed by atoms with E-state index in [4.69, 9.17) is 12.2 Å². The van der Waals surface area contributed by atoms with Gasteiger partial charge in [-0.2, -0.15) is 0 Å². The smallest absolute Gasteiger partial charge is 0.178 e. The van der Waals surface area contributed by atoms with Crippen molar-refractivity contribution in [2.75, 3.05) is 23.3 Å². The normalized spacial score (nSPS) is 14.2. The number of rotatable bonds is 5. The predicted octanol–water partition coefficient (Wildman–Crippen LogP) is 4.87. The molecule has 7 heteroatoms. The molecule has 0 amide bonds. The number of hydrogen-bond acceptors (Lipinski definition) is 5. The monoisotopic (exact) mass is 404 g/mol. The Kier molecular flexibility index (Phi) is 4.67. The average molecular weight is 405 g/mol. The number of imidazole rings is 1. The maximum Gasteiger partial charge on any atom is 0.178 e. The number of benzene rings is 2. The molecule has 1 fully saturated rings. The molecule has 148 valence electrons. The van der Waals surface area contributed by atoms with Crippen LogP contribution in [0.1, 0.15) is 25.3 Å². The molecule has 5 rings (SSSR count). The first kappa shape index (κ1) is 18.1. The molecule has 0 saturated carbocycles. The van der Waals surface area contributed by atoms with Gasteiger partial charge in [-0.1, -0.05) is 12.1 Å². The second kappa shape index (κ2) is 7.48. The van der Waals surface area contributed by atoms with Crippen molar-refractivity contribution in [3.05, 3.63) is 53.1 Å². The quantitative estimate of drug-likeness (QED) is 0.465. The Labute approximate surface area is 174 Å². The van der Waals surface area contributed by atoms with Gasteiger partial charge in [0.15, 0.2) is 4.77 Å². The summed E-state index contributed by atoms with van der Waals surface area (Å²) in [6, 6.07) is 13.0. The Morgan fingerprint density at radius 2 is 1.90 bits per heavy atom. The van der Waals surface area contributed by atoms with E-state index in [-0.39, 0.29) is 0 Å². The van der Waals surface area contributed by atoms with E-state index in [0.717, 1.165) is 45.6 Å². The van der Waals surface area contributed by atoms with Gasteiger partial charge in [0.05, 0.1) is 16.6 Å². The topological polar surface area (TPSA) is 61.8 Å². The summed E-state index contributed by atoms with van der Waals surface area (Å²) in [4.78, 5) is 14.7. The fraction of sp³-hybridized carbons (Fsp3) is 0.318. The first-order valence-electron chi connectivity index (χ1n) is 10.2. The van der Waals surface area contributed by atoms with Crippen LogP contribution >= 0.6 is 12.2 Å². The highest BCUT2D eigenvalue weighted by molar-refractivity contribution is 7.71. The molecule has 1 saturated heterocycles. The van der Waals surface area contributed by atoms with Gasteiger partial charge in [0.25, 0.3) is 0 Å².